The number of nitriles is 4. The van der Waals surface area contributed by atoms with Crippen molar-refractivity contribution in [2.75, 3.05) is 39.7 Å². The number of allylic oxidation sites excluding steroid dienone is 12. The number of para-hydroxylation sites is 3. The first-order valence-corrected chi connectivity index (χ1v) is 51.7. The monoisotopic (exact) mass is 1960 g/mol. The van der Waals surface area contributed by atoms with Crippen LogP contribution in [0.3, 0.4) is 0 Å². The number of hydrogen-bond acceptors (Lipinski definition) is 12. The third-order valence-electron chi connectivity index (χ3n) is 28.9. The van der Waals surface area contributed by atoms with E-state index >= 15 is 0 Å². The molecule has 0 amide bonds. The minimum absolute atomic E-state index is 0.0667. The Kier molecular flexibility index (Phi) is 34.0. The second-order valence-corrected chi connectivity index (χ2v) is 38.6. The second kappa shape index (κ2) is 49.4. The lowest BCUT2D eigenvalue weighted by atomic mass is 9.78. The maximum absolute atomic E-state index is 9.92. The van der Waals surface area contributed by atoms with E-state index in [-0.39, 0.29) is 39.6 Å². The Morgan fingerprint density at radius 1 is 0.293 bits per heavy atom. The van der Waals surface area contributed by atoms with Gasteiger partial charge in [-0.3, -0.25) is 0 Å². The summed E-state index contributed by atoms with van der Waals surface area (Å²) in [7, 11) is 2.06. The highest BCUT2D eigenvalue weighted by Crippen LogP contribution is 2.51. The summed E-state index contributed by atoms with van der Waals surface area (Å²) in [4.78, 5) is 23.0. The Hall–Kier alpha value is -18.4. The SMILES string of the molecule is [C-]#[N+]/C(C#N)=C1C=C(/C=C/c2ccc(N(C)c3ccccc3)cc2)OC2(CCCCC2)C\1.[C-]#[N+]/C(C#N)=C1C=C(/C=C/c2ccc(N(CC)CC)cc2)OC2(CCCCC2)C\1.[C-]#[N+]/C(C#N)=C1C=C(/C=C/c2ccc(N(c3ccc4ccccc4c3)c3cccc4ccccc34)cc2)OC(c2ccccc2)(c2ccccc2)C\1.[C-]#[N+]/C(C#N)=C1C=C(/C=C/c2ccc(N(c3ccccc3)c3ccccc3)cc2)OC2(CCCCC2)C\1. The summed E-state index contributed by atoms with van der Waals surface area (Å²) in [6, 6.07) is 123. The van der Waals surface area contributed by atoms with E-state index in [1.165, 1.54) is 46.5 Å². The summed E-state index contributed by atoms with van der Waals surface area (Å²) in [5, 5.41) is 42.9. The van der Waals surface area contributed by atoms with Crippen molar-refractivity contribution in [3.8, 4) is 24.3 Å². The minimum atomic E-state index is -0.915. The zero-order valence-corrected chi connectivity index (χ0v) is 85.0. The molecule has 0 atom stereocenters. The Bertz CT molecular complexity index is 7620. The molecule has 4 aliphatic heterocycles. The summed E-state index contributed by atoms with van der Waals surface area (Å²) in [6.45, 7) is 36.2. The van der Waals surface area contributed by atoms with Gasteiger partial charge in [0, 0.05) is 108 Å². The van der Waals surface area contributed by atoms with E-state index in [4.69, 9.17) is 45.2 Å². The molecule has 3 aliphatic carbocycles. The van der Waals surface area contributed by atoms with Crippen molar-refractivity contribution < 1.29 is 18.9 Å². The first kappa shape index (κ1) is 103. The van der Waals surface area contributed by atoms with Crippen LogP contribution in [0.1, 0.15) is 169 Å². The van der Waals surface area contributed by atoms with Crippen LogP contribution in [0.15, 0.2) is 450 Å². The van der Waals surface area contributed by atoms with Gasteiger partial charge >= 0.3 is 0 Å². The highest BCUT2D eigenvalue weighted by atomic mass is 16.5. The van der Waals surface area contributed by atoms with Gasteiger partial charge in [0.05, 0.1) is 56.3 Å². The zero-order valence-electron chi connectivity index (χ0n) is 85.0. The highest BCUT2D eigenvalue weighted by Gasteiger charge is 2.44. The van der Waals surface area contributed by atoms with Crippen molar-refractivity contribution in [1.82, 2.24) is 0 Å². The number of hydrogen-bond donors (Lipinski definition) is 0. The van der Waals surface area contributed by atoms with E-state index in [1.807, 2.05) is 188 Å². The molecule has 0 bridgehead atoms. The molecule has 0 unspecified atom stereocenters. The van der Waals surface area contributed by atoms with Crippen LogP contribution >= 0.6 is 0 Å². The minimum Gasteiger partial charge on any atom is -0.487 e. The number of ether oxygens (including phenoxy) is 4. The molecule has 0 radical (unpaired) electrons. The van der Waals surface area contributed by atoms with Gasteiger partial charge in [-0.25, -0.2) is 40.4 Å². The Morgan fingerprint density at radius 2 is 0.593 bits per heavy atom. The molecule has 0 aromatic heterocycles. The average Bonchev–Trinajstić information content (AvgIpc) is 0.743. The second-order valence-electron chi connectivity index (χ2n) is 38.6. The fourth-order valence-corrected chi connectivity index (χ4v) is 21.3. The fraction of sp³-hybridized carbons (Fsp3) is 0.209. The van der Waals surface area contributed by atoms with Gasteiger partial charge in [-0.1, -0.05) is 274 Å². The molecule has 7 aliphatic rings. The van der Waals surface area contributed by atoms with Gasteiger partial charge < -0.3 is 38.5 Å². The van der Waals surface area contributed by atoms with Crippen molar-refractivity contribution in [1.29, 1.82) is 21.0 Å². The molecule has 0 saturated heterocycles. The lowest BCUT2D eigenvalue weighted by Gasteiger charge is -2.41. The molecule has 738 valence electrons. The van der Waals surface area contributed by atoms with Gasteiger partial charge in [-0.15, -0.1) is 0 Å². The van der Waals surface area contributed by atoms with Crippen LogP contribution in [0.5, 0.6) is 0 Å². The number of anilines is 9. The number of nitrogens with zero attached hydrogens (tertiary/aromatic N) is 12. The molecule has 20 rings (SSSR count). The molecular formula is C134H118N12O4. The number of fused-ring (bicyclic) bond motifs is 2. The normalized spacial score (nSPS) is 17.3. The first-order valence-electron chi connectivity index (χ1n) is 51.7. The van der Waals surface area contributed by atoms with E-state index in [9.17, 15) is 21.0 Å². The summed E-state index contributed by atoms with van der Waals surface area (Å²) in [6.07, 6.45) is 41.9. The lowest BCUT2D eigenvalue weighted by molar-refractivity contribution is -0.0288. The van der Waals surface area contributed by atoms with Crippen LogP contribution in [0.2, 0.25) is 0 Å². The Labute approximate surface area is 882 Å². The molecule has 13 aromatic carbocycles. The van der Waals surface area contributed by atoms with Crippen LogP contribution in [0.25, 0.3) is 65.2 Å². The molecule has 4 heterocycles. The van der Waals surface area contributed by atoms with Crippen molar-refractivity contribution in [3.63, 3.8) is 0 Å². The highest BCUT2D eigenvalue weighted by molar-refractivity contribution is 6.00. The standard InChI is InChI=1S/C48H33N3O.C33H29N3O.C28H27N3O.C25H29N3O/c1-50-46(34-49)39-32-44(52-48(33-39,40-17-4-2-5-18-40)41-19-6-3-7-20-41)30-25-35-23-27-42(28-24-35)51(43-29-26-36-13-8-9-15-38(36)31-43)47-22-12-16-37-14-10-11-21-45(37)47;1-35-32(25-34)27-23-31(37-33(24-27)21-9-4-10-22-33)20-17-26-15-18-30(19-16-26)36(28-11-5-2-6-12-28)29-13-7-3-8-14-29;1-30-27(21-29)23-19-26(32-28(20-23)17-7-4-8-18-28)16-13-22-11-14-25(15-12-22)31(2)24-9-5-3-6-10-24;1-4-28(5-2)22-12-9-20(10-13-22)11-14-23-17-21(24(19-26)27-3)18-25(29-23)15-7-6-8-16-25/h2-32H,33H2;2-3,5-8,11-20,23H,4,9-10,21-22,24H2;3,5-6,9-16,19H,4,7-8,17-18,20H2,2H3;9-14,17H,4-8,15-16,18H2,1-2H3/b30-25+,46-39+;20-17+,32-27+;16-13+,27-23+;14-11+,24-21+. The fourth-order valence-electron chi connectivity index (χ4n) is 21.3. The van der Waals surface area contributed by atoms with Gasteiger partial charge in [0.25, 0.3) is 22.8 Å². The van der Waals surface area contributed by atoms with Gasteiger partial charge in [-0.05, 0) is 303 Å². The van der Waals surface area contributed by atoms with Crippen molar-refractivity contribution >= 4 is 97.0 Å². The van der Waals surface area contributed by atoms with Crippen LogP contribution in [0, 0.1) is 71.6 Å². The van der Waals surface area contributed by atoms with E-state index < -0.39 is 5.60 Å². The van der Waals surface area contributed by atoms with Crippen molar-refractivity contribution in [3.05, 3.63) is 529 Å². The summed E-state index contributed by atoms with van der Waals surface area (Å²) >= 11 is 0. The van der Waals surface area contributed by atoms with E-state index in [0.29, 0.717) is 37.0 Å². The summed E-state index contributed by atoms with van der Waals surface area (Å²) in [5.41, 5.74) is 18.0. The summed E-state index contributed by atoms with van der Waals surface area (Å²) in [5.74, 6) is 2.77. The molecule has 150 heavy (non-hydrogen) atoms. The first-order chi connectivity index (χ1) is 73.6. The molecule has 13 aromatic rings. The number of rotatable bonds is 21. The van der Waals surface area contributed by atoms with Crippen LogP contribution in [0.4, 0.5) is 51.2 Å². The van der Waals surface area contributed by atoms with Gasteiger partial charge in [0.1, 0.15) is 39.8 Å². The molecule has 16 heteroatoms. The van der Waals surface area contributed by atoms with Crippen molar-refractivity contribution in [2.24, 2.45) is 0 Å². The van der Waals surface area contributed by atoms with E-state index in [1.54, 1.807) is 0 Å². The Balaban J connectivity index is 0.000000140. The molecule has 16 nitrogen and oxygen atoms in total. The summed E-state index contributed by atoms with van der Waals surface area (Å²) < 4.78 is 26.3. The number of benzene rings is 13. The lowest BCUT2D eigenvalue weighted by Crippen LogP contribution is -2.37. The molecule has 3 fully saturated rings. The molecule has 3 saturated carbocycles. The van der Waals surface area contributed by atoms with Gasteiger partial charge in [-0.2, -0.15) is 0 Å². The molecule has 3 spiro atoms. The van der Waals surface area contributed by atoms with Crippen LogP contribution in [-0.4, -0.2) is 36.9 Å². The van der Waals surface area contributed by atoms with Crippen LogP contribution < -0.4 is 19.6 Å². The smallest absolute Gasteiger partial charge is 0.265 e. The van der Waals surface area contributed by atoms with Gasteiger partial charge in [0.15, 0.2) is 5.60 Å². The average molecular weight is 1960 g/mol. The van der Waals surface area contributed by atoms with Crippen LogP contribution in [-0.2, 0) is 24.5 Å². The topological polar surface area (TPSA) is 162 Å². The largest absolute Gasteiger partial charge is 0.487 e. The van der Waals surface area contributed by atoms with E-state index in [2.05, 4.69) is 303 Å². The van der Waals surface area contributed by atoms with Crippen molar-refractivity contribution in [2.45, 2.75) is 158 Å². The zero-order chi connectivity index (χ0) is 104. The third kappa shape index (κ3) is 25.0. The Morgan fingerprint density at radius 3 is 0.973 bits per heavy atom. The van der Waals surface area contributed by atoms with E-state index in [0.717, 1.165) is 203 Å². The third-order valence-corrected chi connectivity index (χ3v) is 28.9. The predicted octanol–water partition coefficient (Wildman–Crippen LogP) is 34.7. The molecule has 0 N–H and O–H groups in total. The molecular weight excluding hydrogens is 1840 g/mol. The maximum atomic E-state index is 9.92. The predicted molar refractivity (Wildman–Crippen MR) is 608 cm³/mol. The van der Waals surface area contributed by atoms with Gasteiger partial charge in [0.2, 0.25) is 0 Å². The maximum Gasteiger partial charge on any atom is 0.265 e. The quantitative estimate of drug-likeness (QED) is 0.0495.